The van der Waals surface area contributed by atoms with E-state index in [1.807, 2.05) is 19.1 Å². The van der Waals surface area contributed by atoms with Crippen molar-refractivity contribution in [2.24, 2.45) is 0 Å². The van der Waals surface area contributed by atoms with Crippen molar-refractivity contribution >= 4 is 23.0 Å². The zero-order valence-corrected chi connectivity index (χ0v) is 23.9. The summed E-state index contributed by atoms with van der Waals surface area (Å²) in [5, 5.41) is 7.47. The summed E-state index contributed by atoms with van der Waals surface area (Å²) in [6.07, 6.45) is 6.00. The number of benzene rings is 1. The van der Waals surface area contributed by atoms with Gasteiger partial charge < -0.3 is 29.2 Å². The summed E-state index contributed by atoms with van der Waals surface area (Å²) in [5.41, 5.74) is -0.350. The maximum Gasteiger partial charge on any atom is 0.287 e. The molecule has 0 amide bonds. The number of nitrogens with zero attached hydrogens (tertiary/aromatic N) is 3. The molecule has 2 aliphatic heterocycles. The van der Waals surface area contributed by atoms with Gasteiger partial charge in [0.25, 0.3) is 5.56 Å². The van der Waals surface area contributed by atoms with Gasteiger partial charge in [-0.15, -0.1) is 0 Å². The van der Waals surface area contributed by atoms with Crippen molar-refractivity contribution in [2.75, 3.05) is 62.9 Å². The van der Waals surface area contributed by atoms with Crippen molar-refractivity contribution in [1.82, 2.24) is 9.78 Å². The molecule has 3 aliphatic rings. The second-order valence-electron chi connectivity index (χ2n) is 10.9. The molecule has 3 fully saturated rings. The first-order valence-corrected chi connectivity index (χ1v) is 14.8. The molecule has 3 heterocycles. The van der Waals surface area contributed by atoms with Gasteiger partial charge in [0, 0.05) is 24.9 Å². The monoisotopic (exact) mass is 578 g/mol. The Morgan fingerprint density at radius 3 is 2.65 bits per heavy atom. The van der Waals surface area contributed by atoms with Gasteiger partial charge in [0.05, 0.1) is 63.6 Å². The first-order valence-electron chi connectivity index (χ1n) is 14.4. The molecule has 2 atom stereocenters. The highest BCUT2D eigenvalue weighted by atomic mass is 35.5. The molecule has 1 saturated carbocycles. The average molecular weight is 579 g/mol. The summed E-state index contributed by atoms with van der Waals surface area (Å²) in [7, 11) is 0. The summed E-state index contributed by atoms with van der Waals surface area (Å²) < 4.78 is 39.0. The highest BCUT2D eigenvalue weighted by molar-refractivity contribution is 6.32. The van der Waals surface area contributed by atoms with Gasteiger partial charge in [-0.3, -0.25) is 4.79 Å². The number of hydrogen-bond donors (Lipinski definition) is 1. The van der Waals surface area contributed by atoms with E-state index < -0.39 is 5.67 Å². The highest BCUT2D eigenvalue weighted by Crippen LogP contribution is 2.34. The van der Waals surface area contributed by atoms with Gasteiger partial charge in [0.1, 0.15) is 10.8 Å². The van der Waals surface area contributed by atoms with E-state index in [0.717, 1.165) is 43.7 Å². The van der Waals surface area contributed by atoms with E-state index in [2.05, 4.69) is 27.4 Å². The van der Waals surface area contributed by atoms with Crippen molar-refractivity contribution in [1.29, 1.82) is 0 Å². The van der Waals surface area contributed by atoms with Crippen LogP contribution in [0.3, 0.4) is 0 Å². The van der Waals surface area contributed by atoms with Crippen molar-refractivity contribution in [3.8, 4) is 5.75 Å². The fraction of sp³-hybridized carbons (Fsp3) is 0.655. The molecule has 40 heavy (non-hydrogen) atoms. The maximum absolute atomic E-state index is 14.9. The lowest BCUT2D eigenvalue weighted by Crippen LogP contribution is -2.46. The summed E-state index contributed by atoms with van der Waals surface area (Å²) in [6, 6.07) is 8.43. The molecule has 1 aromatic carbocycles. The van der Waals surface area contributed by atoms with Crippen LogP contribution in [-0.4, -0.2) is 80.3 Å². The average Bonchev–Trinajstić information content (AvgIpc) is 2.98. The second kappa shape index (κ2) is 13.5. The van der Waals surface area contributed by atoms with Gasteiger partial charge in [-0.2, -0.15) is 5.10 Å². The summed E-state index contributed by atoms with van der Waals surface area (Å²) in [4.78, 5) is 15.6. The third kappa shape index (κ3) is 7.08. The van der Waals surface area contributed by atoms with Crippen LogP contribution in [0.4, 0.5) is 15.8 Å². The Labute approximate surface area is 239 Å². The zero-order valence-electron chi connectivity index (χ0n) is 23.2. The van der Waals surface area contributed by atoms with Crippen LogP contribution in [0, 0.1) is 0 Å². The van der Waals surface area contributed by atoms with E-state index in [4.69, 9.17) is 30.5 Å². The normalized spacial score (nSPS) is 27.2. The van der Waals surface area contributed by atoms with E-state index in [0.29, 0.717) is 51.6 Å². The Balaban J connectivity index is 1.24. The molecule has 1 aliphatic carbocycles. The standard InChI is InChI=1S/C29H40ClFN4O5/c1-2-39-24-10-8-22(9-11-24)34(17-25-18-37-14-15-40-25)21-4-6-23(7-5-21)35-28(36)27(30)26(16-33-35)32-19-29(31)12-3-13-38-20-29/h8-11,16,21,23,25,32H,2-7,12-15,17-20H2,1H3/t21-,23-,25-,29-/m0/s1. The molecule has 1 aromatic heterocycles. The van der Waals surface area contributed by atoms with Crippen molar-refractivity contribution in [3.05, 3.63) is 45.8 Å². The predicted molar refractivity (Wildman–Crippen MR) is 153 cm³/mol. The largest absolute Gasteiger partial charge is 0.494 e. The number of nitrogens with one attached hydrogen (secondary N) is 1. The lowest BCUT2D eigenvalue weighted by atomic mass is 9.89. The van der Waals surface area contributed by atoms with E-state index >= 15 is 0 Å². The second-order valence-corrected chi connectivity index (χ2v) is 11.3. The molecule has 1 N–H and O–H groups in total. The molecule has 0 unspecified atom stereocenters. The molecule has 11 heteroatoms. The first-order chi connectivity index (χ1) is 19.5. The van der Waals surface area contributed by atoms with Crippen LogP contribution in [0.5, 0.6) is 5.75 Å². The minimum Gasteiger partial charge on any atom is -0.494 e. The third-order valence-electron chi connectivity index (χ3n) is 8.03. The van der Waals surface area contributed by atoms with E-state index in [9.17, 15) is 9.18 Å². The Morgan fingerprint density at radius 1 is 1.18 bits per heavy atom. The topological polar surface area (TPSA) is 87.1 Å². The van der Waals surface area contributed by atoms with Crippen LogP contribution in [0.1, 0.15) is 51.5 Å². The number of anilines is 2. The fourth-order valence-electron chi connectivity index (χ4n) is 5.88. The van der Waals surface area contributed by atoms with Gasteiger partial charge in [-0.1, -0.05) is 11.6 Å². The van der Waals surface area contributed by atoms with Gasteiger partial charge in [0.2, 0.25) is 0 Å². The Hall–Kier alpha value is -2.40. The minimum absolute atomic E-state index is 0.00445. The molecule has 9 nitrogen and oxygen atoms in total. The molecule has 0 radical (unpaired) electrons. The molecule has 5 rings (SSSR count). The molecule has 2 saturated heterocycles. The van der Waals surface area contributed by atoms with Crippen molar-refractivity contribution in [3.63, 3.8) is 0 Å². The van der Waals surface area contributed by atoms with Crippen LogP contribution in [-0.2, 0) is 14.2 Å². The van der Waals surface area contributed by atoms with Crippen LogP contribution in [0.2, 0.25) is 5.02 Å². The third-order valence-corrected chi connectivity index (χ3v) is 8.40. The Kier molecular flexibility index (Phi) is 9.83. The molecular formula is C29H40ClFN4O5. The van der Waals surface area contributed by atoms with Crippen LogP contribution >= 0.6 is 11.6 Å². The van der Waals surface area contributed by atoms with Gasteiger partial charge in [0.15, 0.2) is 5.67 Å². The minimum atomic E-state index is -1.47. The summed E-state index contributed by atoms with van der Waals surface area (Å²) in [5.74, 6) is 0.848. The Morgan fingerprint density at radius 2 is 1.98 bits per heavy atom. The van der Waals surface area contributed by atoms with Crippen molar-refractivity contribution < 1.29 is 23.3 Å². The number of halogens is 2. The lowest BCUT2D eigenvalue weighted by Gasteiger charge is -2.40. The molecule has 2 aromatic rings. The predicted octanol–water partition coefficient (Wildman–Crippen LogP) is 4.63. The van der Waals surface area contributed by atoms with Crippen LogP contribution in [0.15, 0.2) is 35.3 Å². The van der Waals surface area contributed by atoms with Crippen LogP contribution < -0.4 is 20.5 Å². The fourth-order valence-corrected chi connectivity index (χ4v) is 6.08. The number of hydrogen-bond acceptors (Lipinski definition) is 8. The highest BCUT2D eigenvalue weighted by Gasteiger charge is 2.34. The van der Waals surface area contributed by atoms with Crippen molar-refractivity contribution in [2.45, 2.75) is 69.3 Å². The van der Waals surface area contributed by atoms with Gasteiger partial charge in [-0.05, 0) is 69.7 Å². The number of aromatic nitrogens is 2. The van der Waals surface area contributed by atoms with Gasteiger partial charge in [-0.25, -0.2) is 9.07 Å². The summed E-state index contributed by atoms with van der Waals surface area (Å²) >= 11 is 6.45. The lowest BCUT2D eigenvalue weighted by molar-refractivity contribution is -0.0847. The van der Waals surface area contributed by atoms with E-state index in [-0.39, 0.29) is 41.9 Å². The first kappa shape index (κ1) is 29.1. The van der Waals surface area contributed by atoms with Gasteiger partial charge >= 0.3 is 0 Å². The Bertz CT molecular complexity index is 1150. The SMILES string of the molecule is CCOc1ccc(N(C[C@H]2COCCO2)[C@H]2CC[C@H](n3ncc(NC[C@@]4(F)CCCOC4)c(Cl)c3=O)CC2)cc1. The van der Waals surface area contributed by atoms with E-state index in [1.165, 1.54) is 10.9 Å². The van der Waals surface area contributed by atoms with E-state index in [1.54, 1.807) is 0 Å². The van der Waals surface area contributed by atoms with Crippen LogP contribution in [0.25, 0.3) is 0 Å². The molecule has 0 bridgehead atoms. The zero-order chi connectivity index (χ0) is 28.0. The molecule has 220 valence electrons. The molecule has 0 spiro atoms. The molecular weight excluding hydrogens is 539 g/mol. The number of rotatable bonds is 10. The smallest absolute Gasteiger partial charge is 0.287 e. The summed E-state index contributed by atoms with van der Waals surface area (Å²) in [6.45, 7) is 5.79. The quantitative estimate of drug-likeness (QED) is 0.437. The maximum atomic E-state index is 14.9. The number of alkyl halides is 1. The number of ether oxygens (including phenoxy) is 4.